The van der Waals surface area contributed by atoms with Crippen LogP contribution < -0.4 is 5.32 Å². The molecule has 0 amide bonds. The fourth-order valence-corrected chi connectivity index (χ4v) is 1.78. The van der Waals surface area contributed by atoms with Crippen LogP contribution in [0.5, 0.6) is 0 Å². The minimum absolute atomic E-state index is 0.467. The van der Waals surface area contributed by atoms with Gasteiger partial charge in [0.05, 0.1) is 0 Å². The van der Waals surface area contributed by atoms with Gasteiger partial charge in [0.15, 0.2) is 0 Å². The summed E-state index contributed by atoms with van der Waals surface area (Å²) in [5.74, 6) is 0. The Morgan fingerprint density at radius 1 is 1.25 bits per heavy atom. The summed E-state index contributed by atoms with van der Waals surface area (Å²) in [6.45, 7) is 6.57. The average molecular weight is 220 g/mol. The minimum Gasteiger partial charge on any atom is -0.313 e. The Bertz CT molecular complexity index is 292. The van der Waals surface area contributed by atoms with E-state index in [0.717, 1.165) is 19.5 Å². The summed E-state index contributed by atoms with van der Waals surface area (Å²) < 4.78 is 0. The van der Waals surface area contributed by atoms with Crippen LogP contribution in [0, 0.1) is 6.92 Å². The second-order valence-electron chi connectivity index (χ2n) is 4.44. The number of hydrogen-bond acceptors (Lipinski definition) is 2. The minimum atomic E-state index is 0.467. The van der Waals surface area contributed by atoms with Crippen molar-refractivity contribution in [2.24, 2.45) is 0 Å². The molecule has 16 heavy (non-hydrogen) atoms. The molecular formula is C14H24N2. The summed E-state index contributed by atoms with van der Waals surface area (Å²) in [6, 6.07) is 9.28. The molecule has 1 aromatic carbocycles. The van der Waals surface area contributed by atoms with Gasteiger partial charge in [0.2, 0.25) is 0 Å². The predicted octanol–water partition coefficient (Wildman–Crippen LogP) is 2.60. The fourth-order valence-electron chi connectivity index (χ4n) is 1.78. The monoisotopic (exact) mass is 220 g/mol. The van der Waals surface area contributed by atoms with E-state index in [4.69, 9.17) is 0 Å². The van der Waals surface area contributed by atoms with Crippen LogP contribution in [0.25, 0.3) is 0 Å². The summed E-state index contributed by atoms with van der Waals surface area (Å²) in [6.07, 6.45) is 1.16. The van der Waals surface area contributed by atoms with Crippen LogP contribution in [0.1, 0.15) is 30.5 Å². The standard InChI is InChI=1S/C14H24N2/c1-5-16(4)11-10-14(15-3)13-8-6-12(2)7-9-13/h6-9,14-15H,5,10-11H2,1-4H3. The molecule has 0 radical (unpaired) electrons. The quantitative estimate of drug-likeness (QED) is 0.792. The Morgan fingerprint density at radius 3 is 2.38 bits per heavy atom. The second kappa shape index (κ2) is 6.66. The molecule has 0 bridgehead atoms. The lowest BCUT2D eigenvalue weighted by molar-refractivity contribution is 0.326. The van der Waals surface area contributed by atoms with Gasteiger partial charge in [-0.3, -0.25) is 0 Å². The van der Waals surface area contributed by atoms with Crippen LogP contribution in [-0.4, -0.2) is 32.1 Å². The topological polar surface area (TPSA) is 15.3 Å². The van der Waals surface area contributed by atoms with Gasteiger partial charge in [-0.25, -0.2) is 0 Å². The van der Waals surface area contributed by atoms with E-state index in [1.807, 2.05) is 7.05 Å². The van der Waals surface area contributed by atoms with E-state index in [-0.39, 0.29) is 0 Å². The molecule has 1 N–H and O–H groups in total. The molecule has 2 heteroatoms. The summed E-state index contributed by atoms with van der Waals surface area (Å²) >= 11 is 0. The van der Waals surface area contributed by atoms with E-state index < -0.39 is 0 Å². The Labute approximate surface area is 99.7 Å². The lowest BCUT2D eigenvalue weighted by Gasteiger charge is -2.20. The molecule has 1 aromatic rings. The number of rotatable bonds is 6. The van der Waals surface area contributed by atoms with Crippen molar-refractivity contribution in [2.45, 2.75) is 26.3 Å². The van der Waals surface area contributed by atoms with Crippen molar-refractivity contribution in [1.82, 2.24) is 10.2 Å². The highest BCUT2D eigenvalue weighted by Gasteiger charge is 2.09. The zero-order valence-electron chi connectivity index (χ0n) is 11.0. The van der Waals surface area contributed by atoms with Crippen molar-refractivity contribution in [3.05, 3.63) is 35.4 Å². The van der Waals surface area contributed by atoms with Crippen LogP contribution in [0.15, 0.2) is 24.3 Å². The van der Waals surface area contributed by atoms with Crippen molar-refractivity contribution >= 4 is 0 Å². The molecule has 0 heterocycles. The van der Waals surface area contributed by atoms with E-state index in [0.29, 0.717) is 6.04 Å². The Kier molecular flexibility index (Phi) is 5.50. The lowest BCUT2D eigenvalue weighted by Crippen LogP contribution is -2.25. The van der Waals surface area contributed by atoms with Gasteiger partial charge in [0.1, 0.15) is 0 Å². The van der Waals surface area contributed by atoms with Gasteiger partial charge in [0.25, 0.3) is 0 Å². The van der Waals surface area contributed by atoms with E-state index in [1.54, 1.807) is 0 Å². The molecule has 0 saturated carbocycles. The van der Waals surface area contributed by atoms with E-state index in [1.165, 1.54) is 11.1 Å². The normalized spacial score (nSPS) is 13.1. The Morgan fingerprint density at radius 2 is 1.88 bits per heavy atom. The SMILES string of the molecule is CCN(C)CCC(NC)c1ccc(C)cc1. The predicted molar refractivity (Wildman–Crippen MR) is 70.8 cm³/mol. The third kappa shape index (κ3) is 3.95. The zero-order valence-corrected chi connectivity index (χ0v) is 11.0. The van der Waals surface area contributed by atoms with E-state index in [9.17, 15) is 0 Å². The van der Waals surface area contributed by atoms with Gasteiger partial charge >= 0.3 is 0 Å². The Balaban J connectivity index is 2.57. The molecule has 0 aromatic heterocycles. The van der Waals surface area contributed by atoms with Crippen molar-refractivity contribution in [3.8, 4) is 0 Å². The molecule has 0 fully saturated rings. The van der Waals surface area contributed by atoms with Gasteiger partial charge in [-0.05, 0) is 46.1 Å². The largest absolute Gasteiger partial charge is 0.313 e. The maximum absolute atomic E-state index is 3.39. The van der Waals surface area contributed by atoms with Crippen molar-refractivity contribution in [2.75, 3.05) is 27.2 Å². The Hall–Kier alpha value is -0.860. The highest BCUT2D eigenvalue weighted by Crippen LogP contribution is 2.17. The molecule has 2 nitrogen and oxygen atoms in total. The van der Waals surface area contributed by atoms with Crippen LogP contribution in [0.3, 0.4) is 0 Å². The summed E-state index contributed by atoms with van der Waals surface area (Å²) in [5, 5.41) is 3.39. The smallest absolute Gasteiger partial charge is 0.0329 e. The number of hydrogen-bond donors (Lipinski definition) is 1. The molecule has 1 rings (SSSR count). The first-order valence-corrected chi connectivity index (χ1v) is 6.09. The molecular weight excluding hydrogens is 196 g/mol. The number of nitrogens with one attached hydrogen (secondary N) is 1. The first-order valence-electron chi connectivity index (χ1n) is 6.09. The molecule has 0 aliphatic carbocycles. The van der Waals surface area contributed by atoms with Crippen LogP contribution in [-0.2, 0) is 0 Å². The van der Waals surface area contributed by atoms with Crippen molar-refractivity contribution in [1.29, 1.82) is 0 Å². The lowest BCUT2D eigenvalue weighted by atomic mass is 10.0. The first-order chi connectivity index (χ1) is 7.67. The summed E-state index contributed by atoms with van der Waals surface area (Å²) in [4.78, 5) is 2.35. The van der Waals surface area contributed by atoms with Crippen LogP contribution in [0.2, 0.25) is 0 Å². The highest BCUT2D eigenvalue weighted by atomic mass is 15.1. The molecule has 0 spiro atoms. The molecule has 1 atom stereocenters. The maximum atomic E-state index is 3.39. The maximum Gasteiger partial charge on any atom is 0.0329 e. The molecule has 1 unspecified atom stereocenters. The second-order valence-corrected chi connectivity index (χ2v) is 4.44. The van der Waals surface area contributed by atoms with Crippen LogP contribution >= 0.6 is 0 Å². The summed E-state index contributed by atoms with van der Waals surface area (Å²) in [5.41, 5.74) is 2.71. The fraction of sp³-hybridized carbons (Fsp3) is 0.571. The van der Waals surface area contributed by atoms with Crippen molar-refractivity contribution < 1.29 is 0 Å². The molecule has 90 valence electrons. The number of aryl methyl sites for hydroxylation is 1. The first kappa shape index (κ1) is 13.2. The van der Waals surface area contributed by atoms with Gasteiger partial charge < -0.3 is 10.2 Å². The average Bonchev–Trinajstić information content (AvgIpc) is 2.31. The third-order valence-electron chi connectivity index (χ3n) is 3.17. The summed E-state index contributed by atoms with van der Waals surface area (Å²) in [7, 11) is 4.21. The highest BCUT2D eigenvalue weighted by molar-refractivity contribution is 5.24. The van der Waals surface area contributed by atoms with Gasteiger partial charge in [-0.15, -0.1) is 0 Å². The van der Waals surface area contributed by atoms with E-state index in [2.05, 4.69) is 55.4 Å². The molecule has 0 aliphatic heterocycles. The van der Waals surface area contributed by atoms with Gasteiger partial charge in [0, 0.05) is 6.04 Å². The third-order valence-corrected chi connectivity index (χ3v) is 3.17. The van der Waals surface area contributed by atoms with Crippen LogP contribution in [0.4, 0.5) is 0 Å². The van der Waals surface area contributed by atoms with Gasteiger partial charge in [-0.2, -0.15) is 0 Å². The zero-order chi connectivity index (χ0) is 12.0. The molecule has 0 aliphatic rings. The van der Waals surface area contributed by atoms with Gasteiger partial charge in [-0.1, -0.05) is 36.8 Å². The molecule has 0 saturated heterocycles. The van der Waals surface area contributed by atoms with Crippen molar-refractivity contribution in [3.63, 3.8) is 0 Å². The number of nitrogens with zero attached hydrogens (tertiary/aromatic N) is 1. The van der Waals surface area contributed by atoms with E-state index >= 15 is 0 Å². The number of benzene rings is 1.